The van der Waals surface area contributed by atoms with E-state index in [1.165, 1.54) is 24.3 Å². The number of hydrogen-bond acceptors (Lipinski definition) is 4. The number of fused-ring (bicyclic) bond motifs is 1. The molecule has 0 aliphatic heterocycles. The SMILES string of the molecule is O=c1c(Oc2ccc(Br)cc2)c(C(F)(F)F)oc2cc(O)ccc12. The van der Waals surface area contributed by atoms with Crippen LogP contribution in [-0.2, 0) is 6.18 Å². The highest BCUT2D eigenvalue weighted by atomic mass is 79.9. The molecule has 0 saturated carbocycles. The van der Waals surface area contributed by atoms with Crippen LogP contribution in [0.1, 0.15) is 5.76 Å². The summed E-state index contributed by atoms with van der Waals surface area (Å²) in [6, 6.07) is 9.22. The smallest absolute Gasteiger partial charge is 0.453 e. The predicted molar refractivity (Wildman–Crippen MR) is 83.4 cm³/mol. The fraction of sp³-hybridized carbons (Fsp3) is 0.0625. The largest absolute Gasteiger partial charge is 0.508 e. The van der Waals surface area contributed by atoms with Crippen molar-refractivity contribution in [3.63, 3.8) is 0 Å². The van der Waals surface area contributed by atoms with E-state index in [0.717, 1.165) is 6.07 Å². The molecule has 1 N–H and O–H groups in total. The molecule has 3 aromatic rings. The predicted octanol–water partition coefficient (Wildman–Crippen LogP) is 5.07. The van der Waals surface area contributed by atoms with E-state index < -0.39 is 23.1 Å². The van der Waals surface area contributed by atoms with Gasteiger partial charge in [-0.05, 0) is 36.4 Å². The molecule has 0 fully saturated rings. The van der Waals surface area contributed by atoms with Crippen molar-refractivity contribution in [2.24, 2.45) is 0 Å². The second-order valence-corrected chi connectivity index (χ2v) is 5.74. The van der Waals surface area contributed by atoms with Gasteiger partial charge in [0.1, 0.15) is 17.1 Å². The van der Waals surface area contributed by atoms with E-state index >= 15 is 0 Å². The summed E-state index contributed by atoms with van der Waals surface area (Å²) in [6.45, 7) is 0. The van der Waals surface area contributed by atoms with Gasteiger partial charge in [-0.15, -0.1) is 0 Å². The van der Waals surface area contributed by atoms with E-state index in [2.05, 4.69) is 15.9 Å². The Morgan fingerprint density at radius 1 is 1.08 bits per heavy atom. The number of aromatic hydroxyl groups is 1. The van der Waals surface area contributed by atoms with Crippen LogP contribution < -0.4 is 10.2 Å². The number of phenols is 1. The highest BCUT2D eigenvalue weighted by Gasteiger charge is 2.40. The van der Waals surface area contributed by atoms with Gasteiger partial charge in [0.25, 0.3) is 5.76 Å². The van der Waals surface area contributed by atoms with Crippen LogP contribution in [0.3, 0.4) is 0 Å². The lowest BCUT2D eigenvalue weighted by Crippen LogP contribution is -2.15. The Hall–Kier alpha value is -2.48. The second-order valence-electron chi connectivity index (χ2n) is 4.82. The molecule has 0 spiro atoms. The number of halogens is 4. The minimum atomic E-state index is -4.94. The van der Waals surface area contributed by atoms with E-state index in [0.29, 0.717) is 4.47 Å². The van der Waals surface area contributed by atoms with E-state index in [1.807, 2.05) is 0 Å². The molecular formula is C16H8BrF3O4. The topological polar surface area (TPSA) is 59.7 Å². The molecule has 24 heavy (non-hydrogen) atoms. The highest BCUT2D eigenvalue weighted by molar-refractivity contribution is 9.10. The molecule has 8 heteroatoms. The zero-order chi connectivity index (χ0) is 17.5. The summed E-state index contributed by atoms with van der Waals surface area (Å²) in [5.41, 5.74) is -1.36. The molecule has 0 unspecified atom stereocenters. The lowest BCUT2D eigenvalue weighted by molar-refractivity contribution is -0.154. The number of hydrogen-bond donors (Lipinski definition) is 1. The summed E-state index contributed by atoms with van der Waals surface area (Å²) in [7, 11) is 0. The van der Waals surface area contributed by atoms with E-state index in [4.69, 9.17) is 9.15 Å². The van der Waals surface area contributed by atoms with Crippen LogP contribution in [-0.4, -0.2) is 5.11 Å². The van der Waals surface area contributed by atoms with Crippen LogP contribution in [0.15, 0.2) is 56.1 Å². The fourth-order valence-corrected chi connectivity index (χ4v) is 2.33. The van der Waals surface area contributed by atoms with Gasteiger partial charge in [0.05, 0.1) is 5.39 Å². The molecule has 2 aromatic carbocycles. The van der Waals surface area contributed by atoms with Crippen LogP contribution in [0.2, 0.25) is 0 Å². The van der Waals surface area contributed by atoms with Crippen LogP contribution in [0.5, 0.6) is 17.2 Å². The Labute approximate surface area is 141 Å². The lowest BCUT2D eigenvalue weighted by Gasteiger charge is -2.13. The zero-order valence-corrected chi connectivity index (χ0v) is 13.3. The molecule has 0 radical (unpaired) electrons. The van der Waals surface area contributed by atoms with Crippen molar-refractivity contribution < 1.29 is 27.4 Å². The van der Waals surface area contributed by atoms with E-state index in [9.17, 15) is 23.1 Å². The standard InChI is InChI=1S/C16H8BrF3O4/c17-8-1-4-10(5-2-8)23-14-13(22)11-6-3-9(21)7-12(11)24-15(14)16(18,19)20/h1-7,21H. The summed E-state index contributed by atoms with van der Waals surface area (Å²) < 4.78 is 50.4. The first-order chi connectivity index (χ1) is 11.3. The Bertz CT molecular complexity index is 962. The summed E-state index contributed by atoms with van der Waals surface area (Å²) in [5, 5.41) is 9.23. The summed E-state index contributed by atoms with van der Waals surface area (Å²) in [6.07, 6.45) is -4.94. The van der Waals surface area contributed by atoms with Crippen molar-refractivity contribution in [1.29, 1.82) is 0 Å². The summed E-state index contributed by atoms with van der Waals surface area (Å²) >= 11 is 3.19. The van der Waals surface area contributed by atoms with Crippen molar-refractivity contribution in [1.82, 2.24) is 0 Å². The van der Waals surface area contributed by atoms with Gasteiger partial charge in [-0.25, -0.2) is 0 Å². The minimum Gasteiger partial charge on any atom is -0.508 e. The number of alkyl halides is 3. The van der Waals surface area contributed by atoms with Gasteiger partial charge in [-0.2, -0.15) is 13.2 Å². The molecule has 0 aliphatic rings. The number of ether oxygens (including phenoxy) is 1. The first-order valence-electron chi connectivity index (χ1n) is 6.56. The average molecular weight is 401 g/mol. The maximum Gasteiger partial charge on any atom is 0.453 e. The second kappa shape index (κ2) is 5.86. The molecule has 0 aliphatic carbocycles. The Kier molecular flexibility index (Phi) is 4.00. The first-order valence-corrected chi connectivity index (χ1v) is 7.35. The van der Waals surface area contributed by atoms with Gasteiger partial charge < -0.3 is 14.3 Å². The molecule has 1 aromatic heterocycles. The van der Waals surface area contributed by atoms with Crippen LogP contribution in [0, 0.1) is 0 Å². The summed E-state index contributed by atoms with van der Waals surface area (Å²) in [5.74, 6) is -2.79. The van der Waals surface area contributed by atoms with Gasteiger partial charge in [0.2, 0.25) is 11.2 Å². The van der Waals surface area contributed by atoms with Gasteiger partial charge in [0.15, 0.2) is 0 Å². The van der Waals surface area contributed by atoms with E-state index in [1.54, 1.807) is 12.1 Å². The molecule has 0 saturated heterocycles. The van der Waals surface area contributed by atoms with Crippen LogP contribution in [0.25, 0.3) is 11.0 Å². The third-order valence-electron chi connectivity index (χ3n) is 3.13. The lowest BCUT2D eigenvalue weighted by atomic mass is 10.2. The molecular weight excluding hydrogens is 393 g/mol. The Morgan fingerprint density at radius 3 is 2.38 bits per heavy atom. The van der Waals surface area contributed by atoms with Crippen molar-refractivity contribution in [2.45, 2.75) is 6.18 Å². The monoisotopic (exact) mass is 400 g/mol. The number of benzene rings is 2. The Morgan fingerprint density at radius 2 is 1.75 bits per heavy atom. The first kappa shape index (κ1) is 16.4. The highest BCUT2D eigenvalue weighted by Crippen LogP contribution is 2.38. The van der Waals surface area contributed by atoms with E-state index in [-0.39, 0.29) is 22.5 Å². The molecule has 0 bridgehead atoms. The third kappa shape index (κ3) is 3.09. The molecule has 0 amide bonds. The van der Waals surface area contributed by atoms with Gasteiger partial charge >= 0.3 is 6.18 Å². The molecule has 124 valence electrons. The van der Waals surface area contributed by atoms with Crippen molar-refractivity contribution in [3.05, 3.63) is 62.9 Å². The molecule has 4 nitrogen and oxygen atoms in total. The zero-order valence-electron chi connectivity index (χ0n) is 11.7. The van der Waals surface area contributed by atoms with Crippen molar-refractivity contribution >= 4 is 26.9 Å². The normalized spacial score (nSPS) is 11.7. The van der Waals surface area contributed by atoms with Crippen LogP contribution >= 0.6 is 15.9 Å². The van der Waals surface area contributed by atoms with Gasteiger partial charge in [0, 0.05) is 10.5 Å². The minimum absolute atomic E-state index is 0.0501. The van der Waals surface area contributed by atoms with Gasteiger partial charge in [-0.3, -0.25) is 4.79 Å². The maximum atomic E-state index is 13.2. The summed E-state index contributed by atoms with van der Waals surface area (Å²) in [4.78, 5) is 12.4. The molecule has 3 rings (SSSR count). The average Bonchev–Trinajstić information content (AvgIpc) is 2.50. The third-order valence-corrected chi connectivity index (χ3v) is 3.65. The van der Waals surface area contributed by atoms with Crippen LogP contribution in [0.4, 0.5) is 13.2 Å². The Balaban J connectivity index is 2.24. The van der Waals surface area contributed by atoms with Gasteiger partial charge in [-0.1, -0.05) is 15.9 Å². The molecule has 0 atom stereocenters. The fourth-order valence-electron chi connectivity index (χ4n) is 2.06. The van der Waals surface area contributed by atoms with Crippen molar-refractivity contribution in [3.8, 4) is 17.2 Å². The number of rotatable bonds is 2. The maximum absolute atomic E-state index is 13.2. The number of phenolic OH excluding ortho intramolecular Hbond substituents is 1. The van der Waals surface area contributed by atoms with Crippen molar-refractivity contribution in [2.75, 3.05) is 0 Å². The quantitative estimate of drug-likeness (QED) is 0.652. The molecule has 1 heterocycles.